The molecule has 2 aliphatic heterocycles. The highest BCUT2D eigenvalue weighted by atomic mass is 35.5. The minimum atomic E-state index is -0.602. The van der Waals surface area contributed by atoms with Crippen molar-refractivity contribution in [3.8, 4) is 0 Å². The number of piperidine rings is 1. The molecule has 152 valence electrons. The summed E-state index contributed by atoms with van der Waals surface area (Å²) in [6.45, 7) is 2.40. The zero-order valence-corrected chi connectivity index (χ0v) is 16.9. The van der Waals surface area contributed by atoms with Gasteiger partial charge in [0, 0.05) is 25.0 Å². The summed E-state index contributed by atoms with van der Waals surface area (Å²) in [6.07, 6.45) is 7.14. The number of aliphatic hydroxyl groups excluding tert-OH is 1. The summed E-state index contributed by atoms with van der Waals surface area (Å²) < 4.78 is 1.86. The topological polar surface area (TPSA) is 70.4 Å². The zero-order chi connectivity index (χ0) is 18.7. The number of carbonyl (C=O) groups excluding carboxylic acids is 1. The van der Waals surface area contributed by atoms with Gasteiger partial charge in [-0.1, -0.05) is 30.3 Å². The van der Waals surface area contributed by atoms with Crippen LogP contribution < -0.4 is 5.32 Å². The van der Waals surface area contributed by atoms with Crippen molar-refractivity contribution < 1.29 is 9.90 Å². The summed E-state index contributed by atoms with van der Waals surface area (Å²) >= 11 is 0. The lowest BCUT2D eigenvalue weighted by Gasteiger charge is -2.41. The van der Waals surface area contributed by atoms with E-state index in [0.717, 1.165) is 50.9 Å². The number of halogens is 1. The van der Waals surface area contributed by atoms with Gasteiger partial charge < -0.3 is 15.3 Å². The first-order valence-corrected chi connectivity index (χ1v) is 9.96. The Morgan fingerprint density at radius 2 is 2.00 bits per heavy atom. The van der Waals surface area contributed by atoms with Gasteiger partial charge in [-0.3, -0.25) is 9.48 Å². The fourth-order valence-electron chi connectivity index (χ4n) is 4.59. The van der Waals surface area contributed by atoms with Gasteiger partial charge in [0.2, 0.25) is 0 Å². The third-order valence-electron chi connectivity index (χ3n) is 6.09. The average molecular weight is 405 g/mol. The molecule has 2 aliphatic rings. The summed E-state index contributed by atoms with van der Waals surface area (Å²) in [5, 5.41) is 18.5. The standard InChI is InChI=1S/C21H28N4O2.ClH/c26-19(17-6-2-1-3-7-17)16-18-8-4-14-24(18)20(27)21(9-12-22-13-10-21)25-15-5-11-23-25;/h1-3,5-7,11,15,18-19,22,26H,4,8-10,12-14,16H2;1H. The number of aliphatic hydroxyl groups is 1. The van der Waals surface area contributed by atoms with Crippen molar-refractivity contribution in [2.24, 2.45) is 0 Å². The van der Waals surface area contributed by atoms with Gasteiger partial charge in [-0.25, -0.2) is 0 Å². The highest BCUT2D eigenvalue weighted by Gasteiger charge is 2.47. The molecular formula is C21H29ClN4O2. The van der Waals surface area contributed by atoms with Crippen LogP contribution in [0.15, 0.2) is 48.8 Å². The van der Waals surface area contributed by atoms with Crippen molar-refractivity contribution in [1.29, 1.82) is 0 Å². The van der Waals surface area contributed by atoms with Crippen molar-refractivity contribution in [2.45, 2.75) is 49.8 Å². The molecule has 1 amide bonds. The highest BCUT2D eigenvalue weighted by Crippen LogP contribution is 2.35. The monoisotopic (exact) mass is 404 g/mol. The molecule has 0 saturated carbocycles. The number of carbonyl (C=O) groups is 1. The molecule has 2 aromatic rings. The van der Waals surface area contributed by atoms with Crippen LogP contribution in [0.3, 0.4) is 0 Å². The van der Waals surface area contributed by atoms with Gasteiger partial charge in [0.25, 0.3) is 5.91 Å². The average Bonchev–Trinajstić information content (AvgIpc) is 3.41. The van der Waals surface area contributed by atoms with Crippen molar-refractivity contribution >= 4 is 18.3 Å². The number of hydrogen-bond acceptors (Lipinski definition) is 4. The van der Waals surface area contributed by atoms with Gasteiger partial charge in [-0.05, 0) is 56.8 Å². The zero-order valence-electron chi connectivity index (χ0n) is 16.0. The van der Waals surface area contributed by atoms with Gasteiger partial charge >= 0.3 is 0 Å². The van der Waals surface area contributed by atoms with Crippen molar-refractivity contribution in [2.75, 3.05) is 19.6 Å². The van der Waals surface area contributed by atoms with Gasteiger partial charge in [0.1, 0.15) is 5.54 Å². The predicted molar refractivity (Wildman–Crippen MR) is 110 cm³/mol. The third kappa shape index (κ3) is 3.95. The maximum absolute atomic E-state index is 13.7. The number of hydrogen-bond donors (Lipinski definition) is 2. The molecule has 2 fully saturated rings. The van der Waals surface area contributed by atoms with E-state index in [4.69, 9.17) is 0 Å². The molecule has 0 aliphatic carbocycles. The summed E-state index contributed by atoms with van der Waals surface area (Å²) in [6, 6.07) is 11.7. The fraction of sp³-hybridized carbons (Fsp3) is 0.524. The number of likely N-dealkylation sites (tertiary alicyclic amines) is 1. The van der Waals surface area contributed by atoms with Crippen LogP contribution in [0, 0.1) is 0 Å². The van der Waals surface area contributed by atoms with Gasteiger partial charge in [0.15, 0.2) is 0 Å². The second-order valence-electron chi connectivity index (χ2n) is 7.69. The van der Waals surface area contributed by atoms with Crippen LogP contribution in [0.2, 0.25) is 0 Å². The van der Waals surface area contributed by atoms with Crippen molar-refractivity contribution in [3.05, 3.63) is 54.4 Å². The maximum Gasteiger partial charge on any atom is 0.250 e. The molecular weight excluding hydrogens is 376 g/mol. The van der Waals surface area contributed by atoms with Crippen LogP contribution in [0.25, 0.3) is 0 Å². The van der Waals surface area contributed by atoms with Crippen LogP contribution in [-0.4, -0.2) is 51.4 Å². The molecule has 6 nitrogen and oxygen atoms in total. The minimum absolute atomic E-state index is 0. The van der Waals surface area contributed by atoms with E-state index < -0.39 is 11.6 Å². The largest absolute Gasteiger partial charge is 0.388 e. The third-order valence-corrected chi connectivity index (χ3v) is 6.09. The van der Waals surface area contributed by atoms with E-state index in [0.29, 0.717) is 6.42 Å². The Morgan fingerprint density at radius 1 is 1.25 bits per heavy atom. The molecule has 2 atom stereocenters. The SMILES string of the molecule is Cl.O=C(N1CCCC1CC(O)c1ccccc1)C1(n2cccn2)CCNCC1. The lowest BCUT2D eigenvalue weighted by atomic mass is 9.86. The molecule has 2 N–H and O–H groups in total. The van der Waals surface area contributed by atoms with E-state index in [2.05, 4.69) is 10.4 Å². The normalized spacial score (nSPS) is 22.5. The van der Waals surface area contributed by atoms with Crippen LogP contribution in [0.1, 0.15) is 43.8 Å². The van der Waals surface area contributed by atoms with Gasteiger partial charge in [-0.2, -0.15) is 5.10 Å². The van der Waals surface area contributed by atoms with E-state index in [1.54, 1.807) is 6.20 Å². The Balaban J connectivity index is 0.00000225. The Labute approximate surface area is 172 Å². The van der Waals surface area contributed by atoms with Gasteiger partial charge in [-0.15, -0.1) is 12.4 Å². The van der Waals surface area contributed by atoms with Gasteiger partial charge in [0.05, 0.1) is 6.10 Å². The fourth-order valence-corrected chi connectivity index (χ4v) is 4.59. The summed E-state index contributed by atoms with van der Waals surface area (Å²) in [4.78, 5) is 15.7. The Hall–Kier alpha value is -1.89. The molecule has 3 heterocycles. The summed E-state index contributed by atoms with van der Waals surface area (Å²) in [5.41, 5.74) is 0.315. The molecule has 1 aromatic carbocycles. The Bertz CT molecular complexity index is 747. The molecule has 2 saturated heterocycles. The molecule has 7 heteroatoms. The molecule has 28 heavy (non-hydrogen) atoms. The molecule has 1 aromatic heterocycles. The van der Waals surface area contributed by atoms with E-state index in [1.165, 1.54) is 0 Å². The summed E-state index contributed by atoms with van der Waals surface area (Å²) in [7, 11) is 0. The smallest absolute Gasteiger partial charge is 0.250 e. The van der Waals surface area contributed by atoms with Crippen molar-refractivity contribution in [3.63, 3.8) is 0 Å². The number of nitrogens with zero attached hydrogens (tertiary/aromatic N) is 3. The van der Waals surface area contributed by atoms with Crippen LogP contribution >= 0.6 is 12.4 Å². The van der Waals surface area contributed by atoms with Crippen molar-refractivity contribution in [1.82, 2.24) is 20.0 Å². The van der Waals surface area contributed by atoms with E-state index >= 15 is 0 Å². The molecule has 4 rings (SSSR count). The van der Waals surface area contributed by atoms with E-state index in [1.807, 2.05) is 52.2 Å². The first-order chi connectivity index (χ1) is 13.2. The first-order valence-electron chi connectivity index (χ1n) is 9.96. The number of amides is 1. The van der Waals surface area contributed by atoms with E-state index in [9.17, 15) is 9.90 Å². The van der Waals surface area contributed by atoms with Crippen LogP contribution in [0.5, 0.6) is 0 Å². The molecule has 0 radical (unpaired) electrons. The maximum atomic E-state index is 13.7. The second kappa shape index (κ2) is 9.07. The number of nitrogens with one attached hydrogen (secondary N) is 1. The first kappa shape index (κ1) is 20.8. The highest BCUT2D eigenvalue weighted by molar-refractivity contribution is 5.85. The Morgan fingerprint density at radius 3 is 2.68 bits per heavy atom. The number of aromatic nitrogens is 2. The van der Waals surface area contributed by atoms with Crippen LogP contribution in [-0.2, 0) is 10.3 Å². The van der Waals surface area contributed by atoms with Crippen LogP contribution in [0.4, 0.5) is 0 Å². The summed E-state index contributed by atoms with van der Waals surface area (Å²) in [5.74, 6) is 0.162. The lowest BCUT2D eigenvalue weighted by Crippen LogP contribution is -2.56. The quantitative estimate of drug-likeness (QED) is 0.803. The molecule has 0 bridgehead atoms. The Kier molecular flexibility index (Phi) is 6.75. The molecule has 0 spiro atoms. The predicted octanol–water partition coefficient (Wildman–Crippen LogP) is 2.50. The number of rotatable bonds is 5. The lowest BCUT2D eigenvalue weighted by molar-refractivity contribution is -0.144. The van der Waals surface area contributed by atoms with E-state index in [-0.39, 0.29) is 24.4 Å². The number of benzene rings is 1. The minimum Gasteiger partial charge on any atom is -0.388 e. The molecule has 2 unspecified atom stereocenters. The second-order valence-corrected chi connectivity index (χ2v) is 7.69.